The summed E-state index contributed by atoms with van der Waals surface area (Å²) in [6.45, 7) is 4.95. The third-order valence-corrected chi connectivity index (χ3v) is 14.7. The normalized spacial score (nSPS) is 12.7. The Balaban J connectivity index is 3.41. The molecule has 0 rings (SSSR count). The van der Waals surface area contributed by atoms with Gasteiger partial charge >= 0.3 is 5.97 Å². The minimum atomic E-state index is -0.668. The van der Waals surface area contributed by atoms with E-state index in [1.807, 2.05) is 0 Å². The maximum Gasteiger partial charge on any atom is 0.305 e. The number of hydrogen-bond acceptors (Lipinski definition) is 5. The molecule has 0 aliphatic carbocycles. The van der Waals surface area contributed by atoms with Gasteiger partial charge < -0.3 is 20.3 Å². The lowest BCUT2D eigenvalue weighted by Gasteiger charge is -2.22. The Morgan fingerprint density at radius 3 is 1.03 bits per heavy atom. The van der Waals surface area contributed by atoms with E-state index in [1.165, 1.54) is 270 Å². The molecular formula is C64H123NO5. The van der Waals surface area contributed by atoms with Crippen molar-refractivity contribution in [2.24, 2.45) is 0 Å². The van der Waals surface area contributed by atoms with Crippen LogP contribution in [0.4, 0.5) is 0 Å². The molecule has 0 saturated heterocycles. The highest BCUT2D eigenvalue weighted by Crippen LogP contribution is 2.18. The van der Waals surface area contributed by atoms with E-state index >= 15 is 0 Å². The van der Waals surface area contributed by atoms with Crippen LogP contribution in [0.25, 0.3) is 0 Å². The van der Waals surface area contributed by atoms with Gasteiger partial charge in [-0.05, 0) is 77.0 Å². The van der Waals surface area contributed by atoms with Crippen molar-refractivity contribution in [3.63, 3.8) is 0 Å². The van der Waals surface area contributed by atoms with Crippen LogP contribution in [0.3, 0.4) is 0 Å². The lowest BCUT2D eigenvalue weighted by atomic mass is 10.0. The van der Waals surface area contributed by atoms with Crippen LogP contribution in [-0.2, 0) is 14.3 Å². The number of carbonyl (C=O) groups is 2. The van der Waals surface area contributed by atoms with Crippen molar-refractivity contribution < 1.29 is 24.5 Å². The Morgan fingerprint density at radius 1 is 0.386 bits per heavy atom. The molecule has 0 aliphatic rings. The summed E-state index contributed by atoms with van der Waals surface area (Å²) >= 11 is 0. The standard InChI is InChI=1S/C64H123NO5/c1-3-5-7-9-11-13-15-17-18-26-29-33-36-40-44-48-52-56-62(67)61(60-66)65-63(68)57-53-49-45-41-37-34-30-27-24-22-20-19-21-23-25-28-31-35-39-43-47-51-55-59-70-64(69)58-54-50-46-42-38-32-16-14-12-10-8-6-4-2/h14,16,22,24,61-62,66-67H,3-13,15,17-21,23,25-60H2,1-2H3,(H,65,68)/b16-14-,24-22-. The minimum Gasteiger partial charge on any atom is -0.466 e. The van der Waals surface area contributed by atoms with Crippen LogP contribution in [0.15, 0.2) is 24.3 Å². The van der Waals surface area contributed by atoms with Crippen molar-refractivity contribution in [1.82, 2.24) is 5.32 Å². The Kier molecular flexibility index (Phi) is 58.5. The van der Waals surface area contributed by atoms with E-state index in [0.717, 1.165) is 44.9 Å². The first-order valence-corrected chi connectivity index (χ1v) is 31.6. The molecule has 0 saturated carbocycles. The largest absolute Gasteiger partial charge is 0.466 e. The van der Waals surface area contributed by atoms with Gasteiger partial charge in [-0.3, -0.25) is 9.59 Å². The molecule has 0 aromatic rings. The number of ether oxygens (including phenoxy) is 1. The van der Waals surface area contributed by atoms with Crippen LogP contribution in [0.5, 0.6) is 0 Å². The topological polar surface area (TPSA) is 95.9 Å². The Hall–Kier alpha value is -1.66. The highest BCUT2D eigenvalue weighted by atomic mass is 16.5. The van der Waals surface area contributed by atoms with Crippen LogP contribution >= 0.6 is 0 Å². The van der Waals surface area contributed by atoms with Gasteiger partial charge in [-0.15, -0.1) is 0 Å². The van der Waals surface area contributed by atoms with Crippen LogP contribution < -0.4 is 5.32 Å². The number of esters is 1. The fourth-order valence-corrected chi connectivity index (χ4v) is 9.87. The summed E-state index contributed by atoms with van der Waals surface area (Å²) < 4.78 is 5.47. The van der Waals surface area contributed by atoms with Gasteiger partial charge in [-0.1, -0.05) is 282 Å². The van der Waals surface area contributed by atoms with Crippen molar-refractivity contribution in [2.75, 3.05) is 13.2 Å². The maximum atomic E-state index is 12.5. The number of carbonyl (C=O) groups excluding carboxylic acids is 2. The number of unbranched alkanes of at least 4 members (excludes halogenated alkanes) is 44. The first-order valence-electron chi connectivity index (χ1n) is 31.6. The zero-order chi connectivity index (χ0) is 50.7. The third kappa shape index (κ3) is 55.7. The molecule has 0 bridgehead atoms. The SMILES string of the molecule is CCCCCC/C=C\CCCCCCCC(=O)OCCCCCCCCCCCCCC/C=C\CCCCCCCCCC(=O)NC(CO)C(O)CCCCCCCCCCCCCCCCCCC. The van der Waals surface area contributed by atoms with Crippen LogP contribution in [0, 0.1) is 0 Å². The molecule has 2 unspecified atom stereocenters. The van der Waals surface area contributed by atoms with E-state index in [1.54, 1.807) is 0 Å². The van der Waals surface area contributed by atoms with Crippen molar-refractivity contribution >= 4 is 11.9 Å². The molecule has 2 atom stereocenters. The van der Waals surface area contributed by atoms with Crippen molar-refractivity contribution in [3.8, 4) is 0 Å². The summed E-state index contributed by atoms with van der Waals surface area (Å²) in [7, 11) is 0. The summed E-state index contributed by atoms with van der Waals surface area (Å²) in [5.41, 5.74) is 0. The summed E-state index contributed by atoms with van der Waals surface area (Å²) in [5, 5.41) is 23.3. The van der Waals surface area contributed by atoms with Crippen molar-refractivity contribution in [3.05, 3.63) is 24.3 Å². The molecule has 0 aromatic heterocycles. The number of aliphatic hydroxyl groups is 2. The zero-order valence-electron chi connectivity index (χ0n) is 47.3. The van der Waals surface area contributed by atoms with Gasteiger partial charge in [0.25, 0.3) is 0 Å². The highest BCUT2D eigenvalue weighted by molar-refractivity contribution is 5.76. The first kappa shape index (κ1) is 68.3. The van der Waals surface area contributed by atoms with E-state index in [-0.39, 0.29) is 18.5 Å². The smallest absolute Gasteiger partial charge is 0.305 e. The summed E-state index contributed by atoms with van der Waals surface area (Å²) in [4.78, 5) is 24.5. The van der Waals surface area contributed by atoms with Gasteiger partial charge in [0.2, 0.25) is 5.91 Å². The third-order valence-electron chi connectivity index (χ3n) is 14.7. The number of amides is 1. The molecule has 0 fully saturated rings. The molecule has 6 heteroatoms. The molecule has 0 heterocycles. The van der Waals surface area contributed by atoms with Crippen LogP contribution in [0.2, 0.25) is 0 Å². The van der Waals surface area contributed by atoms with Gasteiger partial charge in [-0.2, -0.15) is 0 Å². The number of allylic oxidation sites excluding steroid dienone is 4. The van der Waals surface area contributed by atoms with Gasteiger partial charge in [0.1, 0.15) is 0 Å². The molecule has 0 radical (unpaired) electrons. The Bertz CT molecular complexity index is 1090. The number of aliphatic hydroxyl groups excluding tert-OH is 2. The van der Waals surface area contributed by atoms with Gasteiger partial charge in [0.15, 0.2) is 0 Å². The van der Waals surface area contributed by atoms with Gasteiger partial charge in [0, 0.05) is 12.8 Å². The van der Waals surface area contributed by atoms with E-state index < -0.39 is 12.1 Å². The predicted octanol–water partition coefficient (Wildman–Crippen LogP) is 19.8. The Morgan fingerprint density at radius 2 is 0.671 bits per heavy atom. The molecule has 414 valence electrons. The molecule has 70 heavy (non-hydrogen) atoms. The monoisotopic (exact) mass is 986 g/mol. The summed E-state index contributed by atoms with van der Waals surface area (Å²) in [6, 6.07) is -0.546. The predicted molar refractivity (Wildman–Crippen MR) is 306 cm³/mol. The average Bonchev–Trinajstić information content (AvgIpc) is 3.36. The maximum absolute atomic E-state index is 12.5. The quantitative estimate of drug-likeness (QED) is 0.0321. The molecular weight excluding hydrogens is 863 g/mol. The second-order valence-electron chi connectivity index (χ2n) is 21.7. The van der Waals surface area contributed by atoms with E-state index in [0.29, 0.717) is 25.9 Å². The molecule has 1 amide bonds. The number of rotatable bonds is 59. The summed E-state index contributed by atoms with van der Waals surface area (Å²) in [6.07, 6.45) is 73.3. The van der Waals surface area contributed by atoms with E-state index in [2.05, 4.69) is 43.5 Å². The second-order valence-corrected chi connectivity index (χ2v) is 21.7. The lowest BCUT2D eigenvalue weighted by molar-refractivity contribution is -0.143. The van der Waals surface area contributed by atoms with Crippen molar-refractivity contribution in [2.45, 2.75) is 360 Å². The van der Waals surface area contributed by atoms with Gasteiger partial charge in [-0.25, -0.2) is 0 Å². The van der Waals surface area contributed by atoms with Crippen molar-refractivity contribution in [1.29, 1.82) is 0 Å². The molecule has 0 aliphatic heterocycles. The van der Waals surface area contributed by atoms with E-state index in [9.17, 15) is 19.8 Å². The molecule has 0 spiro atoms. The van der Waals surface area contributed by atoms with Crippen LogP contribution in [0.1, 0.15) is 348 Å². The number of hydrogen-bond donors (Lipinski definition) is 3. The van der Waals surface area contributed by atoms with Gasteiger partial charge in [0.05, 0.1) is 25.4 Å². The average molecular weight is 987 g/mol. The van der Waals surface area contributed by atoms with E-state index in [4.69, 9.17) is 4.74 Å². The Labute approximate surface area is 437 Å². The molecule has 0 aromatic carbocycles. The molecule has 3 N–H and O–H groups in total. The van der Waals surface area contributed by atoms with Crippen LogP contribution in [-0.4, -0.2) is 47.4 Å². The zero-order valence-corrected chi connectivity index (χ0v) is 47.3. The minimum absolute atomic E-state index is 0.00264. The number of nitrogens with one attached hydrogen (secondary N) is 1. The molecule has 6 nitrogen and oxygen atoms in total. The fraction of sp³-hybridized carbons (Fsp3) is 0.906. The summed E-state index contributed by atoms with van der Waals surface area (Å²) in [5.74, 6) is -0.0362. The first-order chi connectivity index (χ1) is 34.5. The highest BCUT2D eigenvalue weighted by Gasteiger charge is 2.20. The second kappa shape index (κ2) is 59.9. The fourth-order valence-electron chi connectivity index (χ4n) is 9.87. The lowest BCUT2D eigenvalue weighted by Crippen LogP contribution is -2.45.